The number of nitrogens with one attached hydrogen (secondary N) is 1. The number of aromatic hydroxyl groups is 1. The van der Waals surface area contributed by atoms with Crippen molar-refractivity contribution in [1.29, 1.82) is 0 Å². The van der Waals surface area contributed by atoms with Crippen molar-refractivity contribution in [3.63, 3.8) is 0 Å². The van der Waals surface area contributed by atoms with Crippen LogP contribution in [0.25, 0.3) is 0 Å². The smallest absolute Gasteiger partial charge is 0.342 e. The molecule has 1 atom stereocenters. The number of hydrogen-bond acceptors (Lipinski definition) is 6. The summed E-state index contributed by atoms with van der Waals surface area (Å²) in [6, 6.07) is 10.5. The highest BCUT2D eigenvalue weighted by atomic mass is 16.5. The molecule has 0 fully saturated rings. The van der Waals surface area contributed by atoms with Crippen LogP contribution in [0.15, 0.2) is 42.5 Å². The first-order valence-electron chi connectivity index (χ1n) is 7.81. The number of carbonyl (C=O) groups is 3. The number of phenolic OH excluding ortho intramolecular Hbond substituents is 1. The fourth-order valence-corrected chi connectivity index (χ4v) is 2.14. The van der Waals surface area contributed by atoms with Crippen molar-refractivity contribution in [1.82, 2.24) is 0 Å². The number of hydrogen-bond donors (Lipinski definition) is 2. The van der Waals surface area contributed by atoms with Crippen LogP contribution < -0.4 is 10.1 Å². The standard InChI is InChI=1S/C19H19NO6/c1-11(21)13-5-4-6-14(9-13)20-18(23)12(2)26-19(24)16-10-15(25-3)7-8-17(16)22/h4-10,12,22H,1-3H3,(H,20,23)/t12-/m0/s1. The maximum absolute atomic E-state index is 12.2. The molecule has 7 heteroatoms. The topological polar surface area (TPSA) is 102 Å². The summed E-state index contributed by atoms with van der Waals surface area (Å²) in [5, 5.41) is 12.4. The molecular formula is C19H19NO6. The van der Waals surface area contributed by atoms with E-state index in [1.165, 1.54) is 45.2 Å². The maximum atomic E-state index is 12.2. The molecule has 2 N–H and O–H groups in total. The molecule has 136 valence electrons. The highest BCUT2D eigenvalue weighted by molar-refractivity contribution is 6.00. The summed E-state index contributed by atoms with van der Waals surface area (Å²) in [6.45, 7) is 2.82. The van der Waals surface area contributed by atoms with E-state index in [2.05, 4.69) is 5.32 Å². The van der Waals surface area contributed by atoms with Gasteiger partial charge < -0.3 is 19.9 Å². The average Bonchev–Trinajstić information content (AvgIpc) is 2.62. The maximum Gasteiger partial charge on any atom is 0.342 e. The van der Waals surface area contributed by atoms with Gasteiger partial charge in [0.1, 0.15) is 17.1 Å². The summed E-state index contributed by atoms with van der Waals surface area (Å²) in [5.74, 6) is -1.47. The first-order chi connectivity index (χ1) is 12.3. The first-order valence-corrected chi connectivity index (χ1v) is 7.81. The molecule has 0 radical (unpaired) electrons. The Balaban J connectivity index is 2.06. The highest BCUT2D eigenvalue weighted by Gasteiger charge is 2.21. The second kappa shape index (κ2) is 8.15. The molecule has 0 spiro atoms. The molecule has 7 nitrogen and oxygen atoms in total. The summed E-state index contributed by atoms with van der Waals surface area (Å²) in [7, 11) is 1.42. The Bertz CT molecular complexity index is 846. The molecular weight excluding hydrogens is 338 g/mol. The number of amides is 1. The third-order valence-corrected chi connectivity index (χ3v) is 3.61. The normalized spacial score (nSPS) is 11.3. The van der Waals surface area contributed by atoms with Gasteiger partial charge in [0.25, 0.3) is 5.91 Å². The second-order valence-electron chi connectivity index (χ2n) is 5.56. The summed E-state index contributed by atoms with van der Waals surface area (Å²) in [5.41, 5.74) is 0.756. The van der Waals surface area contributed by atoms with Gasteiger partial charge in [-0.05, 0) is 44.2 Å². The number of esters is 1. The lowest BCUT2D eigenvalue weighted by Gasteiger charge is -2.14. The molecule has 0 aromatic heterocycles. The second-order valence-corrected chi connectivity index (χ2v) is 5.56. The van der Waals surface area contributed by atoms with E-state index < -0.39 is 18.0 Å². The molecule has 0 aliphatic heterocycles. The lowest BCUT2D eigenvalue weighted by Crippen LogP contribution is -2.30. The van der Waals surface area contributed by atoms with Crippen LogP contribution in [0.5, 0.6) is 11.5 Å². The molecule has 0 saturated carbocycles. The van der Waals surface area contributed by atoms with Crippen LogP contribution in [0.4, 0.5) is 5.69 Å². The number of ether oxygens (including phenoxy) is 2. The van der Waals surface area contributed by atoms with Crippen molar-refractivity contribution in [2.24, 2.45) is 0 Å². The summed E-state index contributed by atoms with van der Waals surface area (Å²) in [4.78, 5) is 35.8. The van der Waals surface area contributed by atoms with Crippen LogP contribution in [0.1, 0.15) is 34.6 Å². The Kier molecular flexibility index (Phi) is 5.95. The van der Waals surface area contributed by atoms with Gasteiger partial charge in [-0.3, -0.25) is 9.59 Å². The molecule has 0 aliphatic carbocycles. The molecule has 0 aliphatic rings. The summed E-state index contributed by atoms with van der Waals surface area (Å²) >= 11 is 0. The minimum Gasteiger partial charge on any atom is -0.507 e. The summed E-state index contributed by atoms with van der Waals surface area (Å²) in [6.07, 6.45) is -1.12. The van der Waals surface area contributed by atoms with Crippen molar-refractivity contribution >= 4 is 23.3 Å². The Morgan fingerprint density at radius 1 is 1.12 bits per heavy atom. The van der Waals surface area contributed by atoms with Gasteiger partial charge in [-0.25, -0.2) is 4.79 Å². The molecule has 1 amide bonds. The van der Waals surface area contributed by atoms with Crippen molar-refractivity contribution in [2.75, 3.05) is 12.4 Å². The van der Waals surface area contributed by atoms with Crippen LogP contribution in [0.2, 0.25) is 0 Å². The van der Waals surface area contributed by atoms with E-state index in [1.807, 2.05) is 0 Å². The highest BCUT2D eigenvalue weighted by Crippen LogP contribution is 2.24. The molecule has 2 aromatic rings. The van der Waals surface area contributed by atoms with E-state index in [9.17, 15) is 19.5 Å². The third kappa shape index (κ3) is 4.60. The van der Waals surface area contributed by atoms with Gasteiger partial charge in [0.05, 0.1) is 7.11 Å². The average molecular weight is 357 g/mol. The predicted molar refractivity (Wildman–Crippen MR) is 94.6 cm³/mol. The summed E-state index contributed by atoms with van der Waals surface area (Å²) < 4.78 is 10.1. The Labute approximate surface area is 150 Å². The van der Waals surface area contributed by atoms with Crippen molar-refractivity contribution in [2.45, 2.75) is 20.0 Å². The monoisotopic (exact) mass is 357 g/mol. The quantitative estimate of drug-likeness (QED) is 0.609. The van der Waals surface area contributed by atoms with E-state index in [1.54, 1.807) is 18.2 Å². The Morgan fingerprint density at radius 3 is 2.50 bits per heavy atom. The zero-order valence-corrected chi connectivity index (χ0v) is 14.6. The predicted octanol–water partition coefficient (Wildman–Crippen LogP) is 2.79. The molecule has 0 bridgehead atoms. The molecule has 2 aromatic carbocycles. The zero-order chi connectivity index (χ0) is 19.3. The van der Waals surface area contributed by atoms with Crippen molar-refractivity contribution < 1.29 is 29.0 Å². The van der Waals surface area contributed by atoms with Gasteiger partial charge in [0.2, 0.25) is 0 Å². The van der Waals surface area contributed by atoms with Gasteiger partial charge >= 0.3 is 5.97 Å². The van der Waals surface area contributed by atoms with Gasteiger partial charge in [-0.2, -0.15) is 0 Å². The Morgan fingerprint density at radius 2 is 1.85 bits per heavy atom. The Hall–Kier alpha value is -3.35. The van der Waals surface area contributed by atoms with E-state index >= 15 is 0 Å². The number of phenols is 1. The van der Waals surface area contributed by atoms with Crippen molar-refractivity contribution in [3.05, 3.63) is 53.6 Å². The van der Waals surface area contributed by atoms with Gasteiger partial charge in [0.15, 0.2) is 11.9 Å². The van der Waals surface area contributed by atoms with E-state index in [0.29, 0.717) is 17.0 Å². The van der Waals surface area contributed by atoms with Crippen LogP contribution >= 0.6 is 0 Å². The van der Waals surface area contributed by atoms with E-state index in [4.69, 9.17) is 9.47 Å². The number of anilines is 1. The van der Waals surface area contributed by atoms with Crippen LogP contribution in [0, 0.1) is 0 Å². The van der Waals surface area contributed by atoms with Crippen LogP contribution in [-0.4, -0.2) is 36.0 Å². The van der Waals surface area contributed by atoms with E-state index in [0.717, 1.165) is 0 Å². The van der Waals surface area contributed by atoms with Crippen molar-refractivity contribution in [3.8, 4) is 11.5 Å². The molecule has 0 saturated heterocycles. The third-order valence-electron chi connectivity index (χ3n) is 3.61. The van der Waals surface area contributed by atoms with Gasteiger partial charge in [-0.15, -0.1) is 0 Å². The van der Waals surface area contributed by atoms with Crippen LogP contribution in [0.3, 0.4) is 0 Å². The number of Topliss-reactive ketones (excluding diaryl/α,β-unsaturated/α-hetero) is 1. The largest absolute Gasteiger partial charge is 0.507 e. The lowest BCUT2D eigenvalue weighted by molar-refractivity contribution is -0.123. The minimum atomic E-state index is -1.12. The number of carbonyl (C=O) groups excluding carboxylic acids is 3. The molecule has 2 rings (SSSR count). The molecule has 0 heterocycles. The fraction of sp³-hybridized carbons (Fsp3) is 0.211. The first kappa shape index (κ1) is 19.0. The molecule has 0 unspecified atom stereocenters. The van der Waals surface area contributed by atoms with Gasteiger partial charge in [0, 0.05) is 11.3 Å². The fourth-order valence-electron chi connectivity index (χ4n) is 2.14. The number of ketones is 1. The SMILES string of the molecule is COc1ccc(O)c(C(=O)O[C@@H](C)C(=O)Nc2cccc(C(C)=O)c2)c1. The van der Waals surface area contributed by atoms with Crippen LogP contribution in [-0.2, 0) is 9.53 Å². The van der Waals surface area contributed by atoms with Gasteiger partial charge in [-0.1, -0.05) is 12.1 Å². The van der Waals surface area contributed by atoms with E-state index in [-0.39, 0.29) is 17.1 Å². The zero-order valence-electron chi connectivity index (χ0n) is 14.6. The lowest BCUT2D eigenvalue weighted by atomic mass is 10.1. The number of methoxy groups -OCH3 is 1. The molecule has 26 heavy (non-hydrogen) atoms. The number of benzene rings is 2. The number of rotatable bonds is 6. The minimum absolute atomic E-state index is 0.109.